The average molecular weight is 487 g/mol. The molecule has 0 aromatic heterocycles. The normalized spacial score (nSPS) is 16.8. The Morgan fingerprint density at radius 3 is 2.16 bits per heavy atom. The Kier molecular flexibility index (Phi) is 7.49. The first-order chi connectivity index (χ1) is 14.8. The first-order valence-corrected chi connectivity index (χ1v) is 11.2. The predicted molar refractivity (Wildman–Crippen MR) is 123 cm³/mol. The van der Waals surface area contributed by atoms with Crippen molar-refractivity contribution in [3.05, 3.63) is 53.0 Å². The fraction of sp³-hybridized carbons (Fsp3) is 0.375. The van der Waals surface area contributed by atoms with E-state index in [1.807, 2.05) is 48.5 Å². The molecule has 164 valence electrons. The lowest BCUT2D eigenvalue weighted by molar-refractivity contribution is -0.157. The van der Waals surface area contributed by atoms with Gasteiger partial charge in [-0.1, -0.05) is 54.0 Å². The second-order valence-electron chi connectivity index (χ2n) is 8.01. The summed E-state index contributed by atoms with van der Waals surface area (Å²) < 4.78 is 5.83. The zero-order chi connectivity index (χ0) is 22.5. The molecule has 2 aromatic carbocycles. The van der Waals surface area contributed by atoms with Crippen molar-refractivity contribution < 1.29 is 19.1 Å². The second-order valence-corrected chi connectivity index (χ2v) is 8.92. The summed E-state index contributed by atoms with van der Waals surface area (Å²) in [4.78, 5) is 39.6. The number of nitrogens with zero attached hydrogens (tertiary/aromatic N) is 1. The number of amides is 2. The van der Waals surface area contributed by atoms with E-state index in [-0.39, 0.29) is 17.7 Å². The van der Waals surface area contributed by atoms with Crippen LogP contribution in [0.3, 0.4) is 0 Å². The number of hydrogen-bond acceptors (Lipinski definition) is 4. The monoisotopic (exact) mass is 486 g/mol. The van der Waals surface area contributed by atoms with Crippen molar-refractivity contribution in [1.29, 1.82) is 0 Å². The van der Waals surface area contributed by atoms with E-state index in [2.05, 4.69) is 21.2 Å². The molecule has 1 aliphatic rings. The predicted octanol–water partition coefficient (Wildman–Crippen LogP) is 4.49. The Morgan fingerprint density at radius 1 is 1.03 bits per heavy atom. The number of nitrogens with one attached hydrogen (secondary N) is 1. The minimum absolute atomic E-state index is 0.213. The van der Waals surface area contributed by atoms with Crippen LogP contribution >= 0.6 is 15.9 Å². The molecular formula is C24H27BrN2O4. The van der Waals surface area contributed by atoms with Gasteiger partial charge in [-0.3, -0.25) is 14.4 Å². The van der Waals surface area contributed by atoms with Gasteiger partial charge in [0.2, 0.25) is 11.8 Å². The summed E-state index contributed by atoms with van der Waals surface area (Å²) in [5.74, 6) is -2.26. The zero-order valence-electron chi connectivity index (χ0n) is 17.9. The van der Waals surface area contributed by atoms with E-state index in [9.17, 15) is 14.4 Å². The molecule has 2 aromatic rings. The van der Waals surface area contributed by atoms with Gasteiger partial charge >= 0.3 is 5.97 Å². The van der Waals surface area contributed by atoms with Gasteiger partial charge in [-0.15, -0.1) is 0 Å². The van der Waals surface area contributed by atoms with Crippen LogP contribution in [0.15, 0.2) is 53.0 Å². The van der Waals surface area contributed by atoms with Crippen molar-refractivity contribution in [2.45, 2.75) is 32.7 Å². The lowest BCUT2D eigenvalue weighted by Crippen LogP contribution is -2.48. The summed E-state index contributed by atoms with van der Waals surface area (Å²) >= 11 is 3.43. The summed E-state index contributed by atoms with van der Waals surface area (Å²) in [6.07, 6.45) is 1.29. The third kappa shape index (κ3) is 5.34. The maximum absolute atomic E-state index is 13.0. The molecule has 1 saturated heterocycles. The van der Waals surface area contributed by atoms with Crippen molar-refractivity contribution in [3.63, 3.8) is 0 Å². The largest absolute Gasteiger partial charge is 0.468 e. The van der Waals surface area contributed by atoms with Crippen LogP contribution in [0.4, 0.5) is 5.69 Å². The highest BCUT2D eigenvalue weighted by Crippen LogP contribution is 2.26. The van der Waals surface area contributed by atoms with Crippen molar-refractivity contribution >= 4 is 39.4 Å². The maximum atomic E-state index is 13.0. The van der Waals surface area contributed by atoms with Crippen LogP contribution < -0.4 is 5.32 Å². The third-order valence-electron chi connectivity index (χ3n) is 5.56. The Labute approximate surface area is 191 Å². The van der Waals surface area contributed by atoms with E-state index in [0.29, 0.717) is 18.7 Å². The van der Waals surface area contributed by atoms with Gasteiger partial charge in [-0.25, -0.2) is 0 Å². The summed E-state index contributed by atoms with van der Waals surface area (Å²) in [7, 11) is 1.27. The number of anilines is 1. The summed E-state index contributed by atoms with van der Waals surface area (Å²) in [5.41, 5.74) is 2.79. The number of carbonyl (C=O) groups excluding carboxylic acids is 3. The molecule has 7 heteroatoms. The van der Waals surface area contributed by atoms with E-state index >= 15 is 0 Å². The molecule has 0 saturated carbocycles. The molecule has 0 aliphatic carbocycles. The Bertz CT molecular complexity index is 941. The standard InChI is InChI=1S/C24H27BrN2O4/c1-15(2)21(24(30)31-3)23(29)27-14-4-5-20(27)22(28)26-19-12-8-17(9-13-19)16-6-10-18(25)11-7-16/h6-13,15,20-21H,4-5,14H2,1-3H3,(H,26,28). The zero-order valence-corrected chi connectivity index (χ0v) is 19.5. The van der Waals surface area contributed by atoms with Crippen LogP contribution in [0.5, 0.6) is 0 Å². The van der Waals surface area contributed by atoms with E-state index in [4.69, 9.17) is 4.74 Å². The smallest absolute Gasteiger partial charge is 0.318 e. The molecule has 2 atom stereocenters. The number of carbonyl (C=O) groups is 3. The number of esters is 1. The van der Waals surface area contributed by atoms with Crippen LogP contribution in [0, 0.1) is 11.8 Å². The van der Waals surface area contributed by atoms with Gasteiger partial charge in [-0.05, 0) is 54.2 Å². The average Bonchev–Trinajstić information content (AvgIpc) is 3.25. The van der Waals surface area contributed by atoms with E-state index in [1.165, 1.54) is 12.0 Å². The van der Waals surface area contributed by atoms with Gasteiger partial charge in [-0.2, -0.15) is 0 Å². The SMILES string of the molecule is COC(=O)C(C(=O)N1CCCC1C(=O)Nc1ccc(-c2ccc(Br)cc2)cc1)C(C)C. The molecule has 0 spiro atoms. The van der Waals surface area contributed by atoms with E-state index in [1.54, 1.807) is 13.8 Å². The van der Waals surface area contributed by atoms with Gasteiger partial charge in [0.15, 0.2) is 0 Å². The van der Waals surface area contributed by atoms with Gasteiger partial charge in [0.05, 0.1) is 7.11 Å². The number of rotatable bonds is 6. The minimum Gasteiger partial charge on any atom is -0.468 e. The molecule has 1 heterocycles. The quantitative estimate of drug-likeness (QED) is 0.481. The first kappa shape index (κ1) is 23.0. The van der Waals surface area contributed by atoms with Crippen molar-refractivity contribution in [2.75, 3.05) is 19.0 Å². The molecule has 0 radical (unpaired) electrons. The highest BCUT2D eigenvalue weighted by atomic mass is 79.9. The van der Waals surface area contributed by atoms with Crippen LogP contribution in [0.25, 0.3) is 11.1 Å². The molecule has 2 amide bonds. The molecule has 6 nitrogen and oxygen atoms in total. The molecule has 31 heavy (non-hydrogen) atoms. The van der Waals surface area contributed by atoms with Gasteiger partial charge < -0.3 is 15.0 Å². The van der Waals surface area contributed by atoms with Crippen molar-refractivity contribution in [3.8, 4) is 11.1 Å². The summed E-state index contributed by atoms with van der Waals surface area (Å²) in [5, 5.41) is 2.91. The highest BCUT2D eigenvalue weighted by Gasteiger charge is 2.41. The van der Waals surface area contributed by atoms with Crippen LogP contribution in [-0.2, 0) is 19.1 Å². The fourth-order valence-electron chi connectivity index (χ4n) is 3.88. The number of hydrogen-bond donors (Lipinski definition) is 1. The fourth-order valence-corrected chi connectivity index (χ4v) is 4.15. The first-order valence-electron chi connectivity index (χ1n) is 10.4. The molecule has 1 fully saturated rings. The van der Waals surface area contributed by atoms with Crippen molar-refractivity contribution in [2.24, 2.45) is 11.8 Å². The van der Waals surface area contributed by atoms with Crippen LogP contribution in [-0.4, -0.2) is 42.4 Å². The Balaban J connectivity index is 1.69. The van der Waals surface area contributed by atoms with E-state index < -0.39 is 17.9 Å². The summed E-state index contributed by atoms with van der Waals surface area (Å²) in [6, 6.07) is 15.0. The topological polar surface area (TPSA) is 75.7 Å². The number of halogens is 1. The van der Waals surface area contributed by atoms with Gasteiger partial charge in [0.1, 0.15) is 12.0 Å². The summed E-state index contributed by atoms with van der Waals surface area (Å²) in [6.45, 7) is 4.06. The molecule has 2 unspecified atom stereocenters. The van der Waals surface area contributed by atoms with E-state index in [0.717, 1.165) is 22.0 Å². The molecular weight excluding hydrogens is 460 g/mol. The maximum Gasteiger partial charge on any atom is 0.318 e. The number of benzene rings is 2. The van der Waals surface area contributed by atoms with Crippen LogP contribution in [0.1, 0.15) is 26.7 Å². The minimum atomic E-state index is -0.899. The second kappa shape index (κ2) is 10.1. The van der Waals surface area contributed by atoms with Crippen molar-refractivity contribution in [1.82, 2.24) is 4.90 Å². The van der Waals surface area contributed by atoms with Gasteiger partial charge in [0, 0.05) is 16.7 Å². The lowest BCUT2D eigenvalue weighted by Gasteiger charge is -2.28. The molecule has 3 rings (SSSR count). The molecule has 1 N–H and O–H groups in total. The third-order valence-corrected chi connectivity index (χ3v) is 6.09. The number of methoxy groups -OCH3 is 1. The number of ether oxygens (including phenoxy) is 1. The Morgan fingerprint density at radius 2 is 1.61 bits per heavy atom. The Hall–Kier alpha value is -2.67. The van der Waals surface area contributed by atoms with Gasteiger partial charge in [0.25, 0.3) is 0 Å². The number of likely N-dealkylation sites (tertiary alicyclic amines) is 1. The van der Waals surface area contributed by atoms with Crippen LogP contribution in [0.2, 0.25) is 0 Å². The molecule has 1 aliphatic heterocycles. The molecule has 0 bridgehead atoms. The lowest BCUT2D eigenvalue weighted by atomic mass is 9.94. The highest BCUT2D eigenvalue weighted by molar-refractivity contribution is 9.10.